The van der Waals surface area contributed by atoms with E-state index in [0.717, 1.165) is 12.7 Å². The molecule has 1 nitrogen and oxygen atoms in total. The molecule has 0 spiro atoms. The molecule has 0 saturated heterocycles. The summed E-state index contributed by atoms with van der Waals surface area (Å²) < 4.78 is 0. The Morgan fingerprint density at radius 1 is 1.64 bits per heavy atom. The van der Waals surface area contributed by atoms with Gasteiger partial charge >= 0.3 is 0 Å². The molecule has 0 fully saturated rings. The molecule has 1 aliphatic rings. The van der Waals surface area contributed by atoms with E-state index in [-0.39, 0.29) is 5.92 Å². The highest BCUT2D eigenvalue weighted by Gasteiger charge is 2.19. The topological polar surface area (TPSA) is 17.1 Å². The summed E-state index contributed by atoms with van der Waals surface area (Å²) in [6.07, 6.45) is 4.49. The van der Waals surface area contributed by atoms with Gasteiger partial charge in [0.25, 0.3) is 0 Å². The molecule has 2 rings (SSSR count). The summed E-state index contributed by atoms with van der Waals surface area (Å²) >= 11 is 1.79. The molecule has 1 atom stereocenters. The second kappa shape index (κ2) is 2.78. The molecule has 0 aromatic carbocycles. The van der Waals surface area contributed by atoms with Gasteiger partial charge in [0, 0.05) is 10.8 Å². The lowest BCUT2D eigenvalue weighted by Gasteiger charge is -2.16. The van der Waals surface area contributed by atoms with Crippen molar-refractivity contribution in [3.05, 3.63) is 21.9 Å². The number of carbonyl (C=O) groups is 1. The van der Waals surface area contributed by atoms with Gasteiger partial charge in [-0.2, -0.15) is 0 Å². The van der Waals surface area contributed by atoms with Gasteiger partial charge < -0.3 is 4.79 Å². The Hall–Kier alpha value is -0.630. The molecule has 1 aliphatic carbocycles. The highest BCUT2D eigenvalue weighted by Crippen LogP contribution is 2.33. The number of thiophene rings is 1. The Labute approximate surface area is 70.1 Å². The van der Waals surface area contributed by atoms with Gasteiger partial charge in [0.1, 0.15) is 6.29 Å². The lowest BCUT2D eigenvalue weighted by atomic mass is 9.89. The summed E-state index contributed by atoms with van der Waals surface area (Å²) in [7, 11) is 0. The monoisotopic (exact) mass is 166 g/mol. The van der Waals surface area contributed by atoms with Gasteiger partial charge in [-0.1, -0.05) is 0 Å². The van der Waals surface area contributed by atoms with E-state index in [1.165, 1.54) is 23.3 Å². The van der Waals surface area contributed by atoms with Crippen LogP contribution in [0.3, 0.4) is 0 Å². The predicted molar refractivity (Wildman–Crippen MR) is 46.1 cm³/mol. The Balaban J connectivity index is 2.39. The molecule has 0 amide bonds. The van der Waals surface area contributed by atoms with E-state index in [1.54, 1.807) is 11.3 Å². The Bertz CT molecular complexity index is 264. The lowest BCUT2D eigenvalue weighted by Crippen LogP contribution is -2.07. The number of rotatable bonds is 1. The maximum absolute atomic E-state index is 10.6. The van der Waals surface area contributed by atoms with Crippen LogP contribution in [0, 0.1) is 0 Å². The minimum Gasteiger partial charge on any atom is -0.303 e. The molecule has 1 aromatic rings. The van der Waals surface area contributed by atoms with Gasteiger partial charge in [0.15, 0.2) is 0 Å². The van der Waals surface area contributed by atoms with Crippen molar-refractivity contribution in [1.82, 2.24) is 0 Å². The predicted octanol–water partition coefficient (Wildman–Crippen LogP) is 2.37. The second-order valence-electron chi connectivity index (χ2n) is 2.93. The minimum atomic E-state index is 0.199. The summed E-state index contributed by atoms with van der Waals surface area (Å²) in [5.74, 6) is 0.199. The first-order valence-electron chi connectivity index (χ1n) is 3.93. The number of aldehydes is 1. The number of hydrogen-bond acceptors (Lipinski definition) is 2. The van der Waals surface area contributed by atoms with Crippen LogP contribution < -0.4 is 0 Å². The number of fused-ring (bicyclic) bond motifs is 1. The zero-order valence-electron chi connectivity index (χ0n) is 6.25. The van der Waals surface area contributed by atoms with Crippen molar-refractivity contribution < 1.29 is 4.79 Å². The van der Waals surface area contributed by atoms with Crippen LogP contribution in [0.1, 0.15) is 29.2 Å². The van der Waals surface area contributed by atoms with Crippen LogP contribution >= 0.6 is 11.3 Å². The zero-order valence-corrected chi connectivity index (χ0v) is 7.06. The van der Waals surface area contributed by atoms with E-state index >= 15 is 0 Å². The summed E-state index contributed by atoms with van der Waals surface area (Å²) in [4.78, 5) is 12.0. The van der Waals surface area contributed by atoms with Crippen LogP contribution in [0.4, 0.5) is 0 Å². The van der Waals surface area contributed by atoms with Crippen molar-refractivity contribution in [2.45, 2.75) is 25.2 Å². The first-order chi connectivity index (χ1) is 5.42. The molecule has 0 N–H and O–H groups in total. The standard InChI is InChI=1S/C9H10OS/c10-6-7-2-1-3-9-8(7)4-5-11-9/h4-7H,1-3H2. The van der Waals surface area contributed by atoms with Crippen LogP contribution in [0.2, 0.25) is 0 Å². The van der Waals surface area contributed by atoms with Gasteiger partial charge in [0.05, 0.1) is 0 Å². The zero-order chi connectivity index (χ0) is 7.68. The van der Waals surface area contributed by atoms with Crippen molar-refractivity contribution in [3.8, 4) is 0 Å². The first-order valence-corrected chi connectivity index (χ1v) is 4.81. The summed E-state index contributed by atoms with van der Waals surface area (Å²) in [5.41, 5.74) is 1.29. The Morgan fingerprint density at radius 3 is 3.36 bits per heavy atom. The molecule has 1 unspecified atom stereocenters. The van der Waals surface area contributed by atoms with Crippen LogP contribution in [-0.2, 0) is 11.2 Å². The molecule has 1 aromatic heterocycles. The van der Waals surface area contributed by atoms with Crippen molar-refractivity contribution in [3.63, 3.8) is 0 Å². The molecule has 11 heavy (non-hydrogen) atoms. The number of aryl methyl sites for hydroxylation is 1. The lowest BCUT2D eigenvalue weighted by molar-refractivity contribution is -0.109. The third-order valence-electron chi connectivity index (χ3n) is 2.26. The summed E-state index contributed by atoms with van der Waals surface area (Å²) in [6, 6.07) is 2.10. The summed E-state index contributed by atoms with van der Waals surface area (Å²) in [5, 5.41) is 2.09. The van der Waals surface area contributed by atoms with E-state index in [4.69, 9.17) is 0 Å². The maximum atomic E-state index is 10.6. The quantitative estimate of drug-likeness (QED) is 0.585. The van der Waals surface area contributed by atoms with Crippen molar-refractivity contribution in [2.75, 3.05) is 0 Å². The van der Waals surface area contributed by atoms with Gasteiger partial charge in [-0.15, -0.1) is 11.3 Å². The molecule has 0 saturated carbocycles. The molecule has 0 radical (unpaired) electrons. The fourth-order valence-corrected chi connectivity index (χ4v) is 2.66. The van der Waals surface area contributed by atoms with Crippen LogP contribution in [0.5, 0.6) is 0 Å². The average molecular weight is 166 g/mol. The van der Waals surface area contributed by atoms with Gasteiger partial charge in [-0.25, -0.2) is 0 Å². The van der Waals surface area contributed by atoms with E-state index in [1.807, 2.05) is 0 Å². The molecular formula is C9H10OS. The van der Waals surface area contributed by atoms with Gasteiger partial charge in [-0.3, -0.25) is 0 Å². The smallest absolute Gasteiger partial charge is 0.127 e. The SMILES string of the molecule is O=CC1CCCc2sccc21. The molecule has 1 heterocycles. The minimum absolute atomic E-state index is 0.199. The van der Waals surface area contributed by atoms with Crippen LogP contribution in [0.15, 0.2) is 11.4 Å². The molecule has 2 heteroatoms. The highest BCUT2D eigenvalue weighted by molar-refractivity contribution is 7.10. The number of carbonyl (C=O) groups excluding carboxylic acids is 1. The van der Waals surface area contributed by atoms with E-state index in [9.17, 15) is 4.79 Å². The Morgan fingerprint density at radius 2 is 2.55 bits per heavy atom. The van der Waals surface area contributed by atoms with Gasteiger partial charge in [0.2, 0.25) is 0 Å². The molecule has 0 bridgehead atoms. The average Bonchev–Trinajstić information content (AvgIpc) is 2.50. The van der Waals surface area contributed by atoms with E-state index in [2.05, 4.69) is 11.4 Å². The summed E-state index contributed by atoms with van der Waals surface area (Å²) in [6.45, 7) is 0. The molecule has 58 valence electrons. The highest BCUT2D eigenvalue weighted by atomic mass is 32.1. The first kappa shape index (κ1) is 7.04. The van der Waals surface area contributed by atoms with E-state index in [0.29, 0.717) is 0 Å². The van der Waals surface area contributed by atoms with Crippen molar-refractivity contribution >= 4 is 17.6 Å². The second-order valence-corrected chi connectivity index (χ2v) is 3.93. The van der Waals surface area contributed by atoms with Crippen LogP contribution in [-0.4, -0.2) is 6.29 Å². The number of hydrogen-bond donors (Lipinski definition) is 0. The van der Waals surface area contributed by atoms with Gasteiger partial charge in [-0.05, 0) is 36.3 Å². The Kier molecular flexibility index (Phi) is 1.78. The molecular weight excluding hydrogens is 156 g/mol. The fraction of sp³-hybridized carbons (Fsp3) is 0.444. The fourth-order valence-electron chi connectivity index (χ4n) is 1.66. The van der Waals surface area contributed by atoms with Crippen molar-refractivity contribution in [2.24, 2.45) is 0 Å². The van der Waals surface area contributed by atoms with Crippen molar-refractivity contribution in [1.29, 1.82) is 0 Å². The third kappa shape index (κ3) is 1.11. The molecule has 0 aliphatic heterocycles. The van der Waals surface area contributed by atoms with E-state index < -0.39 is 0 Å². The van der Waals surface area contributed by atoms with Crippen LogP contribution in [0.25, 0.3) is 0 Å². The maximum Gasteiger partial charge on any atom is 0.127 e. The normalized spacial score (nSPS) is 22.7. The third-order valence-corrected chi connectivity index (χ3v) is 3.26. The largest absolute Gasteiger partial charge is 0.303 e.